The first-order valence-corrected chi connectivity index (χ1v) is 3.19. The van der Waals surface area contributed by atoms with E-state index in [-0.39, 0.29) is 0 Å². The molecular formula is C9H8O2. The SMILES string of the molecule is C=Cc1ccc(OC=O)cc1. The minimum atomic E-state index is 0.406. The lowest BCUT2D eigenvalue weighted by Crippen LogP contribution is -1.87. The van der Waals surface area contributed by atoms with Gasteiger partial charge in [0.1, 0.15) is 5.75 Å². The number of benzene rings is 1. The van der Waals surface area contributed by atoms with Crippen LogP contribution in [-0.4, -0.2) is 6.47 Å². The molecule has 0 aliphatic rings. The Hall–Kier alpha value is -1.57. The number of hydrogen-bond donors (Lipinski definition) is 0. The summed E-state index contributed by atoms with van der Waals surface area (Å²) in [6.07, 6.45) is 1.73. The van der Waals surface area contributed by atoms with Gasteiger partial charge in [-0.1, -0.05) is 24.8 Å². The van der Waals surface area contributed by atoms with Crippen molar-refractivity contribution in [1.82, 2.24) is 0 Å². The van der Waals surface area contributed by atoms with E-state index in [4.69, 9.17) is 0 Å². The molecule has 0 aliphatic heterocycles. The highest BCUT2D eigenvalue weighted by atomic mass is 16.5. The van der Waals surface area contributed by atoms with Crippen molar-refractivity contribution in [3.05, 3.63) is 36.4 Å². The molecule has 1 rings (SSSR count). The van der Waals surface area contributed by atoms with E-state index in [0.717, 1.165) is 5.56 Å². The molecule has 0 saturated carbocycles. The second-order valence-corrected chi connectivity index (χ2v) is 1.99. The minimum Gasteiger partial charge on any atom is -0.429 e. The first kappa shape index (κ1) is 7.54. The third-order valence-electron chi connectivity index (χ3n) is 1.30. The van der Waals surface area contributed by atoms with E-state index >= 15 is 0 Å². The lowest BCUT2D eigenvalue weighted by atomic mass is 10.2. The Labute approximate surface area is 65.1 Å². The average molecular weight is 148 g/mol. The van der Waals surface area contributed by atoms with E-state index in [0.29, 0.717) is 12.2 Å². The summed E-state index contributed by atoms with van der Waals surface area (Å²) in [6, 6.07) is 7.08. The van der Waals surface area contributed by atoms with Crippen molar-refractivity contribution in [2.45, 2.75) is 0 Å². The van der Waals surface area contributed by atoms with E-state index in [1.165, 1.54) is 0 Å². The Kier molecular flexibility index (Phi) is 2.44. The van der Waals surface area contributed by atoms with Crippen molar-refractivity contribution in [3.8, 4) is 5.75 Å². The fourth-order valence-electron chi connectivity index (χ4n) is 0.738. The maximum atomic E-state index is 9.89. The number of carbonyl (C=O) groups is 1. The van der Waals surface area contributed by atoms with E-state index in [1.807, 2.05) is 12.1 Å². The maximum Gasteiger partial charge on any atom is 0.298 e. The fourth-order valence-corrected chi connectivity index (χ4v) is 0.738. The van der Waals surface area contributed by atoms with Gasteiger partial charge in [0.15, 0.2) is 0 Å². The molecule has 0 N–H and O–H groups in total. The predicted octanol–water partition coefficient (Wildman–Crippen LogP) is 1.86. The summed E-state index contributed by atoms with van der Waals surface area (Å²) >= 11 is 0. The zero-order chi connectivity index (χ0) is 8.10. The molecule has 0 spiro atoms. The second kappa shape index (κ2) is 3.56. The number of rotatable bonds is 3. The Morgan fingerprint density at radius 1 is 1.27 bits per heavy atom. The van der Waals surface area contributed by atoms with E-state index in [9.17, 15) is 4.79 Å². The summed E-state index contributed by atoms with van der Waals surface area (Å²) in [5, 5.41) is 0. The van der Waals surface area contributed by atoms with Crippen LogP contribution >= 0.6 is 0 Å². The molecule has 0 saturated heterocycles. The van der Waals surface area contributed by atoms with Crippen LogP contribution in [0, 0.1) is 0 Å². The Bertz CT molecular complexity index is 249. The lowest BCUT2D eigenvalue weighted by Gasteiger charge is -1.96. The van der Waals surface area contributed by atoms with Crippen molar-refractivity contribution in [2.24, 2.45) is 0 Å². The van der Waals surface area contributed by atoms with E-state index in [1.54, 1.807) is 18.2 Å². The first-order valence-electron chi connectivity index (χ1n) is 3.19. The van der Waals surface area contributed by atoms with E-state index in [2.05, 4.69) is 11.3 Å². The van der Waals surface area contributed by atoms with Gasteiger partial charge in [-0.05, 0) is 17.7 Å². The fraction of sp³-hybridized carbons (Fsp3) is 0. The quantitative estimate of drug-likeness (QED) is 0.611. The molecule has 0 unspecified atom stereocenters. The van der Waals surface area contributed by atoms with Gasteiger partial charge in [-0.3, -0.25) is 4.79 Å². The van der Waals surface area contributed by atoms with Gasteiger partial charge in [-0.25, -0.2) is 0 Å². The molecule has 0 radical (unpaired) electrons. The second-order valence-electron chi connectivity index (χ2n) is 1.99. The zero-order valence-corrected chi connectivity index (χ0v) is 5.99. The molecule has 56 valence electrons. The zero-order valence-electron chi connectivity index (χ0n) is 5.99. The summed E-state index contributed by atoms with van der Waals surface area (Å²) in [6.45, 7) is 4.00. The van der Waals surface area contributed by atoms with Crippen LogP contribution in [0.3, 0.4) is 0 Å². The Morgan fingerprint density at radius 2 is 1.91 bits per heavy atom. The number of hydrogen-bond acceptors (Lipinski definition) is 2. The monoisotopic (exact) mass is 148 g/mol. The molecular weight excluding hydrogens is 140 g/mol. The summed E-state index contributed by atoms with van der Waals surface area (Å²) in [5.74, 6) is 0.547. The van der Waals surface area contributed by atoms with Gasteiger partial charge in [-0.15, -0.1) is 0 Å². The van der Waals surface area contributed by atoms with Crippen LogP contribution in [0.4, 0.5) is 0 Å². The summed E-state index contributed by atoms with van der Waals surface area (Å²) < 4.78 is 4.59. The van der Waals surface area contributed by atoms with Crippen LogP contribution in [0.25, 0.3) is 6.08 Å². The van der Waals surface area contributed by atoms with Gasteiger partial charge in [-0.2, -0.15) is 0 Å². The smallest absolute Gasteiger partial charge is 0.298 e. The molecule has 1 aromatic rings. The number of carbonyl (C=O) groups excluding carboxylic acids is 1. The van der Waals surface area contributed by atoms with Gasteiger partial charge in [0.2, 0.25) is 0 Å². The van der Waals surface area contributed by atoms with Crippen molar-refractivity contribution in [2.75, 3.05) is 0 Å². The molecule has 0 bridgehead atoms. The van der Waals surface area contributed by atoms with Crippen LogP contribution in [0.15, 0.2) is 30.8 Å². The molecule has 0 heterocycles. The molecule has 0 amide bonds. The number of ether oxygens (including phenoxy) is 1. The summed E-state index contributed by atoms with van der Waals surface area (Å²) in [4.78, 5) is 9.89. The van der Waals surface area contributed by atoms with Crippen molar-refractivity contribution < 1.29 is 9.53 Å². The third kappa shape index (κ3) is 1.93. The van der Waals surface area contributed by atoms with Gasteiger partial charge in [0.05, 0.1) is 0 Å². The molecule has 0 atom stereocenters. The average Bonchev–Trinajstić information content (AvgIpc) is 2.07. The Balaban J connectivity index is 2.81. The molecule has 2 heteroatoms. The molecule has 0 fully saturated rings. The standard InChI is InChI=1S/C9H8O2/c1-2-8-3-5-9(6-4-8)11-7-10/h2-7H,1H2. The lowest BCUT2D eigenvalue weighted by molar-refractivity contribution is -0.120. The summed E-state index contributed by atoms with van der Waals surface area (Å²) in [7, 11) is 0. The molecule has 1 aromatic carbocycles. The maximum absolute atomic E-state index is 9.89. The predicted molar refractivity (Wildman–Crippen MR) is 43.2 cm³/mol. The van der Waals surface area contributed by atoms with Gasteiger partial charge in [0, 0.05) is 0 Å². The highest BCUT2D eigenvalue weighted by molar-refractivity contribution is 5.51. The van der Waals surface area contributed by atoms with Crippen LogP contribution in [-0.2, 0) is 4.79 Å². The molecule has 2 nitrogen and oxygen atoms in total. The van der Waals surface area contributed by atoms with Crippen molar-refractivity contribution in [1.29, 1.82) is 0 Å². The van der Waals surface area contributed by atoms with E-state index < -0.39 is 0 Å². The van der Waals surface area contributed by atoms with Gasteiger partial charge in [0.25, 0.3) is 6.47 Å². The topological polar surface area (TPSA) is 26.3 Å². The van der Waals surface area contributed by atoms with Crippen molar-refractivity contribution in [3.63, 3.8) is 0 Å². The highest BCUT2D eigenvalue weighted by Gasteiger charge is 1.89. The Morgan fingerprint density at radius 3 is 2.36 bits per heavy atom. The van der Waals surface area contributed by atoms with Crippen LogP contribution < -0.4 is 4.74 Å². The highest BCUT2D eigenvalue weighted by Crippen LogP contribution is 2.11. The molecule has 0 aromatic heterocycles. The minimum absolute atomic E-state index is 0.406. The van der Waals surface area contributed by atoms with Crippen molar-refractivity contribution >= 4 is 12.5 Å². The largest absolute Gasteiger partial charge is 0.429 e. The van der Waals surface area contributed by atoms with Gasteiger partial charge < -0.3 is 4.74 Å². The summed E-state index contributed by atoms with van der Waals surface area (Å²) in [5.41, 5.74) is 1.00. The molecule has 11 heavy (non-hydrogen) atoms. The first-order chi connectivity index (χ1) is 5.36. The van der Waals surface area contributed by atoms with Crippen LogP contribution in [0.2, 0.25) is 0 Å². The van der Waals surface area contributed by atoms with Gasteiger partial charge >= 0.3 is 0 Å². The van der Waals surface area contributed by atoms with Crippen LogP contribution in [0.1, 0.15) is 5.56 Å². The van der Waals surface area contributed by atoms with Crippen LogP contribution in [0.5, 0.6) is 5.75 Å². The molecule has 0 aliphatic carbocycles. The normalized spacial score (nSPS) is 8.73. The third-order valence-corrected chi connectivity index (χ3v) is 1.30.